The predicted molar refractivity (Wildman–Crippen MR) is 67.9 cm³/mol. The van der Waals surface area contributed by atoms with Crippen molar-refractivity contribution in [2.45, 2.75) is 19.8 Å². The molecular formula is C11H14N2O3S. The summed E-state index contributed by atoms with van der Waals surface area (Å²) < 4.78 is 0. The van der Waals surface area contributed by atoms with Crippen molar-refractivity contribution in [3.8, 4) is 0 Å². The molecule has 0 aliphatic heterocycles. The summed E-state index contributed by atoms with van der Waals surface area (Å²) in [6.07, 6.45) is 4.95. The monoisotopic (exact) mass is 254 g/mol. The Morgan fingerprint density at radius 3 is 2.94 bits per heavy atom. The number of nitrogens with zero attached hydrogens (tertiary/aromatic N) is 1. The molecule has 1 heterocycles. The number of nitro groups is 1. The molecule has 1 aromatic heterocycles. The minimum Gasteiger partial charge on any atom is -0.353 e. The molecule has 0 atom stereocenters. The van der Waals surface area contributed by atoms with E-state index in [9.17, 15) is 14.9 Å². The summed E-state index contributed by atoms with van der Waals surface area (Å²) in [6, 6.07) is 3.05. The Labute approximate surface area is 103 Å². The van der Waals surface area contributed by atoms with Gasteiger partial charge in [0.15, 0.2) is 0 Å². The fourth-order valence-electron chi connectivity index (χ4n) is 1.14. The molecule has 1 aromatic rings. The molecule has 5 nitrogen and oxygen atoms in total. The third-order valence-corrected chi connectivity index (χ3v) is 3.02. The second-order valence-electron chi connectivity index (χ2n) is 3.41. The number of thiophene rings is 1. The molecule has 0 aliphatic carbocycles. The molecule has 17 heavy (non-hydrogen) atoms. The zero-order valence-corrected chi connectivity index (χ0v) is 10.3. The van der Waals surface area contributed by atoms with Gasteiger partial charge in [-0.2, -0.15) is 0 Å². The molecule has 1 amide bonds. The normalized spacial score (nSPS) is 10.6. The molecule has 0 unspecified atom stereocenters. The number of carbonyl (C=O) groups excluding carboxylic acids is 1. The Morgan fingerprint density at radius 2 is 2.35 bits per heavy atom. The van der Waals surface area contributed by atoms with E-state index in [1.54, 1.807) is 12.1 Å². The lowest BCUT2D eigenvalue weighted by atomic mass is 10.3. The van der Waals surface area contributed by atoms with Gasteiger partial charge in [-0.3, -0.25) is 14.9 Å². The van der Waals surface area contributed by atoms with Gasteiger partial charge < -0.3 is 5.32 Å². The molecule has 1 rings (SSSR count). The first-order chi connectivity index (χ1) is 8.13. The van der Waals surface area contributed by atoms with Gasteiger partial charge in [0.05, 0.1) is 4.92 Å². The first-order valence-electron chi connectivity index (χ1n) is 5.33. The maximum atomic E-state index is 11.3. The van der Waals surface area contributed by atoms with Crippen LogP contribution < -0.4 is 5.32 Å². The van der Waals surface area contributed by atoms with Crippen LogP contribution in [0, 0.1) is 10.1 Å². The van der Waals surface area contributed by atoms with Crippen LogP contribution in [0.3, 0.4) is 0 Å². The van der Waals surface area contributed by atoms with E-state index in [0.29, 0.717) is 11.4 Å². The van der Waals surface area contributed by atoms with Crippen LogP contribution >= 0.6 is 11.3 Å². The predicted octanol–water partition coefficient (Wildman–Crippen LogP) is 2.59. The third-order valence-electron chi connectivity index (χ3n) is 2.02. The standard InChI is InChI=1S/C11H14N2O3S/c1-2-3-8-12-10(14)6-4-9-5-7-11(17-9)13(15)16/h4-7H,2-3,8H2,1H3,(H,12,14)/b6-4+. The summed E-state index contributed by atoms with van der Waals surface area (Å²) in [6.45, 7) is 2.71. The van der Waals surface area contributed by atoms with Crippen LogP contribution in [0.5, 0.6) is 0 Å². The first-order valence-corrected chi connectivity index (χ1v) is 6.15. The zero-order valence-electron chi connectivity index (χ0n) is 9.51. The molecule has 92 valence electrons. The van der Waals surface area contributed by atoms with Gasteiger partial charge in [-0.15, -0.1) is 0 Å². The third kappa shape index (κ3) is 4.78. The molecule has 0 fully saturated rings. The largest absolute Gasteiger partial charge is 0.353 e. The lowest BCUT2D eigenvalue weighted by Crippen LogP contribution is -2.21. The quantitative estimate of drug-likeness (QED) is 0.367. The maximum Gasteiger partial charge on any atom is 0.324 e. The Morgan fingerprint density at radius 1 is 1.59 bits per heavy atom. The smallest absolute Gasteiger partial charge is 0.324 e. The zero-order chi connectivity index (χ0) is 12.7. The molecule has 0 aliphatic rings. The van der Waals surface area contributed by atoms with E-state index in [4.69, 9.17) is 0 Å². The minimum absolute atomic E-state index is 0.0797. The van der Waals surface area contributed by atoms with Crippen LogP contribution in [0.15, 0.2) is 18.2 Å². The van der Waals surface area contributed by atoms with Gasteiger partial charge in [-0.25, -0.2) is 0 Å². The number of hydrogen-bond acceptors (Lipinski definition) is 4. The number of carbonyl (C=O) groups is 1. The highest BCUT2D eigenvalue weighted by Crippen LogP contribution is 2.24. The van der Waals surface area contributed by atoms with Crippen molar-refractivity contribution in [1.82, 2.24) is 5.32 Å². The second-order valence-corrected chi connectivity index (χ2v) is 4.50. The molecule has 0 spiro atoms. The SMILES string of the molecule is CCCCNC(=O)/C=C/c1ccc([N+](=O)[O-])s1. The maximum absolute atomic E-state index is 11.3. The van der Waals surface area contributed by atoms with Crippen LogP contribution in [0.1, 0.15) is 24.6 Å². The van der Waals surface area contributed by atoms with Gasteiger partial charge in [0.1, 0.15) is 0 Å². The number of hydrogen-bond donors (Lipinski definition) is 1. The lowest BCUT2D eigenvalue weighted by Gasteiger charge is -1.98. The fraction of sp³-hybridized carbons (Fsp3) is 0.364. The van der Waals surface area contributed by atoms with Gasteiger partial charge in [0.2, 0.25) is 5.91 Å². The number of amides is 1. The van der Waals surface area contributed by atoms with E-state index in [1.807, 2.05) is 6.92 Å². The van der Waals surface area contributed by atoms with E-state index in [-0.39, 0.29) is 10.9 Å². The summed E-state index contributed by atoms with van der Waals surface area (Å²) in [5, 5.41) is 13.2. The average Bonchev–Trinajstić information content (AvgIpc) is 2.75. The highest BCUT2D eigenvalue weighted by molar-refractivity contribution is 7.16. The number of unbranched alkanes of at least 4 members (excludes halogenated alkanes) is 1. The number of nitrogens with one attached hydrogen (secondary N) is 1. The van der Waals surface area contributed by atoms with Crippen LogP contribution in [0.25, 0.3) is 6.08 Å². The van der Waals surface area contributed by atoms with Gasteiger partial charge in [-0.1, -0.05) is 24.7 Å². The lowest BCUT2D eigenvalue weighted by molar-refractivity contribution is -0.380. The van der Waals surface area contributed by atoms with Crippen molar-refractivity contribution in [2.75, 3.05) is 6.54 Å². The topological polar surface area (TPSA) is 72.2 Å². The average molecular weight is 254 g/mol. The highest BCUT2D eigenvalue weighted by atomic mass is 32.1. The Balaban J connectivity index is 2.46. The highest BCUT2D eigenvalue weighted by Gasteiger charge is 2.07. The van der Waals surface area contributed by atoms with Crippen molar-refractivity contribution in [3.63, 3.8) is 0 Å². The van der Waals surface area contributed by atoms with Crippen molar-refractivity contribution in [3.05, 3.63) is 33.2 Å². The molecule has 0 radical (unpaired) electrons. The van der Waals surface area contributed by atoms with Gasteiger partial charge in [0, 0.05) is 23.6 Å². The molecule has 0 aromatic carbocycles. The molecule has 0 saturated heterocycles. The molecule has 0 bridgehead atoms. The fourth-order valence-corrected chi connectivity index (χ4v) is 1.86. The second kappa shape index (κ2) is 6.80. The number of rotatable bonds is 6. The van der Waals surface area contributed by atoms with Crippen LogP contribution in [0.4, 0.5) is 5.00 Å². The summed E-state index contributed by atoms with van der Waals surface area (Å²) in [7, 11) is 0. The van der Waals surface area contributed by atoms with Crippen LogP contribution in [0.2, 0.25) is 0 Å². The molecule has 6 heteroatoms. The van der Waals surface area contributed by atoms with E-state index < -0.39 is 4.92 Å². The van der Waals surface area contributed by atoms with E-state index in [2.05, 4.69) is 5.32 Å². The Hall–Kier alpha value is -1.69. The van der Waals surface area contributed by atoms with E-state index in [0.717, 1.165) is 24.2 Å². The Kier molecular flexibility index (Phi) is 5.35. The van der Waals surface area contributed by atoms with Crippen molar-refractivity contribution < 1.29 is 9.72 Å². The van der Waals surface area contributed by atoms with Crippen molar-refractivity contribution >= 4 is 28.3 Å². The molecular weight excluding hydrogens is 240 g/mol. The molecule has 1 N–H and O–H groups in total. The first kappa shape index (κ1) is 13.4. The summed E-state index contributed by atoms with van der Waals surface area (Å²) in [5.74, 6) is -0.172. The van der Waals surface area contributed by atoms with Gasteiger partial charge >= 0.3 is 5.00 Å². The van der Waals surface area contributed by atoms with Crippen molar-refractivity contribution in [1.29, 1.82) is 0 Å². The van der Waals surface area contributed by atoms with E-state index >= 15 is 0 Å². The van der Waals surface area contributed by atoms with Gasteiger partial charge in [0.25, 0.3) is 0 Å². The van der Waals surface area contributed by atoms with Crippen LogP contribution in [-0.2, 0) is 4.79 Å². The summed E-state index contributed by atoms with van der Waals surface area (Å²) >= 11 is 1.05. The van der Waals surface area contributed by atoms with E-state index in [1.165, 1.54) is 12.1 Å². The Bertz CT molecular complexity index is 426. The minimum atomic E-state index is -0.441. The molecule has 0 saturated carbocycles. The van der Waals surface area contributed by atoms with Gasteiger partial charge in [-0.05, 0) is 18.6 Å². The van der Waals surface area contributed by atoms with Crippen molar-refractivity contribution in [2.24, 2.45) is 0 Å². The summed E-state index contributed by atoms with van der Waals surface area (Å²) in [5.41, 5.74) is 0. The van der Waals surface area contributed by atoms with Crippen LogP contribution in [-0.4, -0.2) is 17.4 Å². The summed E-state index contributed by atoms with van der Waals surface area (Å²) in [4.78, 5) is 22.0.